The SMILES string of the molecule is CCCNc1ccncc1C(=O)Nc1ccc(C)cc1C. The van der Waals surface area contributed by atoms with Crippen LogP contribution in [0, 0.1) is 13.8 Å². The molecule has 0 spiro atoms. The summed E-state index contributed by atoms with van der Waals surface area (Å²) in [4.78, 5) is 16.5. The molecule has 1 aromatic carbocycles. The van der Waals surface area contributed by atoms with E-state index in [9.17, 15) is 4.79 Å². The van der Waals surface area contributed by atoms with Gasteiger partial charge in [0, 0.05) is 24.6 Å². The number of anilines is 2. The number of benzene rings is 1. The van der Waals surface area contributed by atoms with Crippen LogP contribution >= 0.6 is 0 Å². The number of aromatic nitrogens is 1. The Hall–Kier alpha value is -2.36. The summed E-state index contributed by atoms with van der Waals surface area (Å²) in [6, 6.07) is 7.79. The zero-order valence-electron chi connectivity index (χ0n) is 12.7. The van der Waals surface area contributed by atoms with Crippen molar-refractivity contribution in [3.8, 4) is 0 Å². The first-order chi connectivity index (χ1) is 10.1. The largest absolute Gasteiger partial charge is 0.384 e. The molecule has 1 amide bonds. The molecule has 0 unspecified atom stereocenters. The quantitative estimate of drug-likeness (QED) is 0.878. The van der Waals surface area contributed by atoms with E-state index in [1.54, 1.807) is 12.4 Å². The fourth-order valence-electron chi connectivity index (χ4n) is 2.13. The van der Waals surface area contributed by atoms with Crippen LogP contribution in [-0.4, -0.2) is 17.4 Å². The molecule has 0 saturated carbocycles. The molecular weight excluding hydrogens is 262 g/mol. The Kier molecular flexibility index (Phi) is 4.93. The zero-order valence-corrected chi connectivity index (χ0v) is 12.7. The Morgan fingerprint density at radius 2 is 2.00 bits per heavy atom. The van der Waals surface area contributed by atoms with E-state index < -0.39 is 0 Å². The van der Waals surface area contributed by atoms with Crippen LogP contribution < -0.4 is 10.6 Å². The monoisotopic (exact) mass is 283 g/mol. The Bertz CT molecular complexity index is 638. The predicted molar refractivity (Wildman–Crippen MR) is 86.9 cm³/mol. The van der Waals surface area contributed by atoms with Gasteiger partial charge in [-0.3, -0.25) is 9.78 Å². The Morgan fingerprint density at radius 3 is 2.71 bits per heavy atom. The molecule has 1 heterocycles. The number of hydrogen-bond donors (Lipinski definition) is 2. The number of nitrogens with zero attached hydrogens (tertiary/aromatic N) is 1. The maximum atomic E-state index is 12.4. The molecule has 0 aliphatic carbocycles. The standard InChI is InChI=1S/C17H21N3O/c1-4-8-19-16-7-9-18-11-14(16)17(21)20-15-6-5-12(2)10-13(15)3/h5-7,9-11H,4,8H2,1-3H3,(H,18,19)(H,20,21). The fraction of sp³-hybridized carbons (Fsp3) is 0.294. The van der Waals surface area contributed by atoms with Crippen molar-refractivity contribution in [1.82, 2.24) is 4.98 Å². The van der Waals surface area contributed by atoms with Crippen LogP contribution in [0.1, 0.15) is 34.8 Å². The van der Waals surface area contributed by atoms with Crippen LogP contribution in [0.25, 0.3) is 0 Å². The van der Waals surface area contributed by atoms with Gasteiger partial charge in [0.05, 0.1) is 11.3 Å². The van der Waals surface area contributed by atoms with E-state index >= 15 is 0 Å². The third-order valence-corrected chi connectivity index (χ3v) is 3.26. The van der Waals surface area contributed by atoms with Crippen molar-refractivity contribution in [3.05, 3.63) is 53.3 Å². The maximum absolute atomic E-state index is 12.4. The third kappa shape index (κ3) is 3.81. The molecule has 0 aliphatic heterocycles. The summed E-state index contributed by atoms with van der Waals surface area (Å²) < 4.78 is 0. The molecule has 110 valence electrons. The van der Waals surface area contributed by atoms with Gasteiger partial charge in [0.1, 0.15) is 0 Å². The number of amides is 1. The van der Waals surface area contributed by atoms with E-state index in [0.717, 1.165) is 29.9 Å². The topological polar surface area (TPSA) is 54.0 Å². The summed E-state index contributed by atoms with van der Waals surface area (Å²) >= 11 is 0. The number of nitrogens with one attached hydrogen (secondary N) is 2. The lowest BCUT2D eigenvalue weighted by molar-refractivity contribution is 0.102. The van der Waals surface area contributed by atoms with E-state index in [1.807, 2.05) is 32.0 Å². The van der Waals surface area contributed by atoms with Crippen molar-refractivity contribution in [3.63, 3.8) is 0 Å². The van der Waals surface area contributed by atoms with Crippen molar-refractivity contribution in [2.75, 3.05) is 17.2 Å². The van der Waals surface area contributed by atoms with Crippen molar-refractivity contribution in [2.24, 2.45) is 0 Å². The molecule has 2 aromatic rings. The molecule has 0 radical (unpaired) electrons. The molecule has 21 heavy (non-hydrogen) atoms. The first-order valence-electron chi connectivity index (χ1n) is 7.18. The Morgan fingerprint density at radius 1 is 1.19 bits per heavy atom. The number of carbonyl (C=O) groups is 1. The minimum absolute atomic E-state index is 0.145. The van der Waals surface area contributed by atoms with Crippen LogP contribution in [0.2, 0.25) is 0 Å². The van der Waals surface area contributed by atoms with Crippen LogP contribution in [-0.2, 0) is 0 Å². The minimum atomic E-state index is -0.145. The summed E-state index contributed by atoms with van der Waals surface area (Å²) in [7, 11) is 0. The molecule has 0 aliphatic rings. The number of aryl methyl sites for hydroxylation is 2. The van der Waals surface area contributed by atoms with Crippen molar-refractivity contribution in [1.29, 1.82) is 0 Å². The maximum Gasteiger partial charge on any atom is 0.259 e. The second-order valence-corrected chi connectivity index (χ2v) is 5.12. The van der Waals surface area contributed by atoms with Gasteiger partial charge in [-0.2, -0.15) is 0 Å². The molecular formula is C17H21N3O. The molecule has 0 bridgehead atoms. The van der Waals surface area contributed by atoms with Gasteiger partial charge in [0.2, 0.25) is 0 Å². The number of carbonyl (C=O) groups excluding carboxylic acids is 1. The summed E-state index contributed by atoms with van der Waals surface area (Å²) in [5.74, 6) is -0.145. The Balaban J connectivity index is 2.20. The van der Waals surface area contributed by atoms with Crippen LogP contribution in [0.4, 0.5) is 11.4 Å². The Labute approximate surface area is 125 Å². The molecule has 2 N–H and O–H groups in total. The molecule has 1 aromatic heterocycles. The summed E-state index contributed by atoms with van der Waals surface area (Å²) in [5.41, 5.74) is 4.43. The molecule has 0 fully saturated rings. The van der Waals surface area contributed by atoms with Crippen LogP contribution in [0.5, 0.6) is 0 Å². The lowest BCUT2D eigenvalue weighted by Crippen LogP contribution is -2.16. The lowest BCUT2D eigenvalue weighted by atomic mass is 10.1. The summed E-state index contributed by atoms with van der Waals surface area (Å²) in [6.45, 7) is 6.94. The first kappa shape index (κ1) is 15.0. The van der Waals surface area contributed by atoms with Crippen LogP contribution in [0.3, 0.4) is 0 Å². The van der Waals surface area contributed by atoms with Gasteiger partial charge in [-0.05, 0) is 38.0 Å². The number of hydrogen-bond acceptors (Lipinski definition) is 3. The van der Waals surface area contributed by atoms with Gasteiger partial charge in [-0.15, -0.1) is 0 Å². The molecule has 0 atom stereocenters. The number of pyridine rings is 1. The highest BCUT2D eigenvalue weighted by Gasteiger charge is 2.12. The number of rotatable bonds is 5. The highest BCUT2D eigenvalue weighted by molar-refractivity contribution is 6.08. The van der Waals surface area contributed by atoms with Crippen molar-refractivity contribution in [2.45, 2.75) is 27.2 Å². The van der Waals surface area contributed by atoms with Crippen molar-refractivity contribution >= 4 is 17.3 Å². The van der Waals surface area contributed by atoms with Gasteiger partial charge < -0.3 is 10.6 Å². The van der Waals surface area contributed by atoms with Crippen LogP contribution in [0.15, 0.2) is 36.7 Å². The third-order valence-electron chi connectivity index (χ3n) is 3.26. The average molecular weight is 283 g/mol. The van der Waals surface area contributed by atoms with Gasteiger partial charge in [0.25, 0.3) is 5.91 Å². The van der Waals surface area contributed by atoms with Gasteiger partial charge in [-0.25, -0.2) is 0 Å². The first-order valence-corrected chi connectivity index (χ1v) is 7.18. The van der Waals surface area contributed by atoms with E-state index in [1.165, 1.54) is 5.56 Å². The van der Waals surface area contributed by atoms with E-state index in [2.05, 4.69) is 28.6 Å². The van der Waals surface area contributed by atoms with Crippen molar-refractivity contribution < 1.29 is 4.79 Å². The molecule has 0 saturated heterocycles. The minimum Gasteiger partial charge on any atom is -0.384 e. The normalized spacial score (nSPS) is 10.2. The van der Waals surface area contributed by atoms with Gasteiger partial charge >= 0.3 is 0 Å². The van der Waals surface area contributed by atoms with E-state index in [4.69, 9.17) is 0 Å². The molecule has 4 heteroatoms. The highest BCUT2D eigenvalue weighted by Crippen LogP contribution is 2.19. The second-order valence-electron chi connectivity index (χ2n) is 5.12. The van der Waals surface area contributed by atoms with Gasteiger partial charge in [0.15, 0.2) is 0 Å². The predicted octanol–water partition coefficient (Wildman–Crippen LogP) is 3.77. The molecule has 4 nitrogen and oxygen atoms in total. The van der Waals surface area contributed by atoms with E-state index in [0.29, 0.717) is 5.56 Å². The average Bonchev–Trinajstić information content (AvgIpc) is 2.48. The highest BCUT2D eigenvalue weighted by atomic mass is 16.1. The summed E-state index contributed by atoms with van der Waals surface area (Å²) in [6.07, 6.45) is 4.28. The van der Waals surface area contributed by atoms with Gasteiger partial charge in [-0.1, -0.05) is 24.6 Å². The zero-order chi connectivity index (χ0) is 15.2. The molecule has 2 rings (SSSR count). The second kappa shape index (κ2) is 6.88. The fourth-order valence-corrected chi connectivity index (χ4v) is 2.13. The summed E-state index contributed by atoms with van der Waals surface area (Å²) in [5, 5.41) is 6.20. The smallest absolute Gasteiger partial charge is 0.259 e. The van der Waals surface area contributed by atoms with E-state index in [-0.39, 0.29) is 5.91 Å². The lowest BCUT2D eigenvalue weighted by Gasteiger charge is -2.12.